The Balaban J connectivity index is 0.00000112. The molecule has 1 aliphatic heterocycles. The van der Waals surface area contributed by atoms with Gasteiger partial charge in [-0.25, -0.2) is 9.37 Å². The lowest BCUT2D eigenvalue weighted by atomic mass is 10.3. The molecule has 5 heteroatoms. The fourth-order valence-corrected chi connectivity index (χ4v) is 1.64. The van der Waals surface area contributed by atoms with Crippen LogP contribution >= 0.6 is 12.4 Å². The molecule has 2 rings (SSSR count). The molecule has 1 aromatic heterocycles. The van der Waals surface area contributed by atoms with Gasteiger partial charge in [-0.15, -0.1) is 12.4 Å². The zero-order valence-corrected chi connectivity index (χ0v) is 9.48. The first-order valence-corrected chi connectivity index (χ1v) is 4.85. The summed E-state index contributed by atoms with van der Waals surface area (Å²) in [5.74, 6) is 0.268. The average Bonchev–Trinajstić information content (AvgIpc) is 2.19. The summed E-state index contributed by atoms with van der Waals surface area (Å²) < 4.78 is 13.5. The van der Waals surface area contributed by atoms with E-state index in [-0.39, 0.29) is 18.2 Å². The van der Waals surface area contributed by atoms with Crippen molar-refractivity contribution in [3.8, 4) is 0 Å². The molecule has 0 amide bonds. The van der Waals surface area contributed by atoms with Gasteiger partial charge in [-0.3, -0.25) is 0 Å². The number of pyridine rings is 1. The number of aryl methyl sites for hydroxylation is 1. The molecule has 0 bridgehead atoms. The molecule has 0 saturated carbocycles. The van der Waals surface area contributed by atoms with Gasteiger partial charge in [0, 0.05) is 32.4 Å². The van der Waals surface area contributed by atoms with E-state index >= 15 is 0 Å². The van der Waals surface area contributed by atoms with Crippen molar-refractivity contribution in [2.45, 2.75) is 6.92 Å². The molecule has 2 heterocycles. The minimum atomic E-state index is -0.216. The number of nitrogens with zero attached hydrogens (tertiary/aromatic N) is 2. The molecule has 1 aliphatic rings. The Labute approximate surface area is 95.1 Å². The van der Waals surface area contributed by atoms with Crippen molar-refractivity contribution in [3.05, 3.63) is 23.6 Å². The number of halogens is 2. The van der Waals surface area contributed by atoms with Gasteiger partial charge in [-0.05, 0) is 18.6 Å². The second-order valence-corrected chi connectivity index (χ2v) is 3.56. The average molecular weight is 232 g/mol. The van der Waals surface area contributed by atoms with Crippen LogP contribution in [0.1, 0.15) is 5.56 Å². The number of hydrogen-bond donors (Lipinski definition) is 1. The van der Waals surface area contributed by atoms with E-state index in [0.29, 0.717) is 5.82 Å². The second kappa shape index (κ2) is 5.28. The summed E-state index contributed by atoms with van der Waals surface area (Å²) in [6, 6.07) is 1.53. The number of piperazine rings is 1. The van der Waals surface area contributed by atoms with Crippen molar-refractivity contribution < 1.29 is 4.39 Å². The molecule has 0 unspecified atom stereocenters. The SMILES string of the molecule is Cc1cnc(N2CCNCC2)c(F)c1.Cl. The third kappa shape index (κ3) is 2.79. The topological polar surface area (TPSA) is 28.2 Å². The van der Waals surface area contributed by atoms with E-state index in [1.165, 1.54) is 6.07 Å². The first-order valence-electron chi connectivity index (χ1n) is 4.85. The van der Waals surface area contributed by atoms with Gasteiger partial charge in [0.05, 0.1) is 0 Å². The Morgan fingerprint density at radius 2 is 2.07 bits per heavy atom. The van der Waals surface area contributed by atoms with Gasteiger partial charge in [-0.2, -0.15) is 0 Å². The van der Waals surface area contributed by atoms with Crippen LogP contribution in [0.5, 0.6) is 0 Å². The van der Waals surface area contributed by atoms with E-state index in [1.54, 1.807) is 6.20 Å². The second-order valence-electron chi connectivity index (χ2n) is 3.56. The predicted molar refractivity (Wildman–Crippen MR) is 61.3 cm³/mol. The zero-order chi connectivity index (χ0) is 9.97. The van der Waals surface area contributed by atoms with Gasteiger partial charge in [0.2, 0.25) is 0 Å². The van der Waals surface area contributed by atoms with Crippen molar-refractivity contribution in [2.75, 3.05) is 31.1 Å². The molecule has 0 aromatic carbocycles. The first kappa shape index (κ1) is 12.2. The Hall–Kier alpha value is -0.870. The van der Waals surface area contributed by atoms with E-state index in [0.717, 1.165) is 31.7 Å². The fourth-order valence-electron chi connectivity index (χ4n) is 1.64. The van der Waals surface area contributed by atoms with Crippen LogP contribution in [-0.2, 0) is 0 Å². The van der Waals surface area contributed by atoms with Crippen molar-refractivity contribution >= 4 is 18.2 Å². The van der Waals surface area contributed by atoms with Gasteiger partial charge in [0.15, 0.2) is 11.6 Å². The molecule has 1 aromatic rings. The van der Waals surface area contributed by atoms with E-state index in [9.17, 15) is 4.39 Å². The quantitative estimate of drug-likeness (QED) is 0.791. The molecule has 1 N–H and O–H groups in total. The fraction of sp³-hybridized carbons (Fsp3) is 0.500. The van der Waals surface area contributed by atoms with Crippen LogP contribution in [0.15, 0.2) is 12.3 Å². The predicted octanol–water partition coefficient (Wildman–Crippen LogP) is 1.36. The number of rotatable bonds is 1. The van der Waals surface area contributed by atoms with E-state index in [2.05, 4.69) is 10.3 Å². The molecule has 84 valence electrons. The lowest BCUT2D eigenvalue weighted by Gasteiger charge is -2.28. The highest BCUT2D eigenvalue weighted by atomic mass is 35.5. The summed E-state index contributed by atoms with van der Waals surface area (Å²) in [6.45, 7) is 5.29. The van der Waals surface area contributed by atoms with Crippen LogP contribution in [0.4, 0.5) is 10.2 Å². The third-order valence-corrected chi connectivity index (χ3v) is 2.38. The van der Waals surface area contributed by atoms with E-state index in [1.807, 2.05) is 11.8 Å². The van der Waals surface area contributed by atoms with E-state index in [4.69, 9.17) is 0 Å². The molecule has 0 radical (unpaired) electrons. The monoisotopic (exact) mass is 231 g/mol. The van der Waals surface area contributed by atoms with Crippen LogP contribution in [0, 0.1) is 12.7 Å². The van der Waals surface area contributed by atoms with Gasteiger partial charge in [0.25, 0.3) is 0 Å². The van der Waals surface area contributed by atoms with Gasteiger partial charge < -0.3 is 10.2 Å². The lowest BCUT2D eigenvalue weighted by molar-refractivity contribution is 0.558. The normalized spacial score (nSPS) is 16.0. The lowest BCUT2D eigenvalue weighted by Crippen LogP contribution is -2.44. The largest absolute Gasteiger partial charge is 0.352 e. The first-order chi connectivity index (χ1) is 6.77. The molecule has 3 nitrogen and oxygen atoms in total. The summed E-state index contributed by atoms with van der Waals surface area (Å²) in [4.78, 5) is 6.10. The molecule has 15 heavy (non-hydrogen) atoms. The van der Waals surface area contributed by atoms with Crippen molar-refractivity contribution in [1.82, 2.24) is 10.3 Å². The molecule has 0 aliphatic carbocycles. The number of hydrogen-bond acceptors (Lipinski definition) is 3. The summed E-state index contributed by atoms with van der Waals surface area (Å²) in [7, 11) is 0. The molecular weight excluding hydrogens is 217 g/mol. The molecule has 1 saturated heterocycles. The van der Waals surface area contributed by atoms with Crippen LogP contribution in [-0.4, -0.2) is 31.2 Å². The highest BCUT2D eigenvalue weighted by molar-refractivity contribution is 5.85. The number of aromatic nitrogens is 1. The van der Waals surface area contributed by atoms with E-state index < -0.39 is 0 Å². The summed E-state index contributed by atoms with van der Waals surface area (Å²) in [5.41, 5.74) is 0.862. The zero-order valence-electron chi connectivity index (χ0n) is 8.66. The number of anilines is 1. The highest BCUT2D eigenvalue weighted by Gasteiger charge is 2.15. The summed E-state index contributed by atoms with van der Waals surface area (Å²) >= 11 is 0. The maximum atomic E-state index is 13.5. The molecular formula is C10H15ClFN3. The van der Waals surface area contributed by atoms with Crippen molar-refractivity contribution in [3.63, 3.8) is 0 Å². The summed E-state index contributed by atoms with van der Waals surface area (Å²) in [6.07, 6.45) is 1.71. The van der Waals surface area contributed by atoms with Crippen LogP contribution in [0.2, 0.25) is 0 Å². The Kier molecular flexibility index (Phi) is 4.29. The van der Waals surface area contributed by atoms with Crippen molar-refractivity contribution in [2.24, 2.45) is 0 Å². The Morgan fingerprint density at radius 3 is 2.67 bits per heavy atom. The van der Waals surface area contributed by atoms with Gasteiger partial charge >= 0.3 is 0 Å². The van der Waals surface area contributed by atoms with Gasteiger partial charge in [-0.1, -0.05) is 0 Å². The van der Waals surface area contributed by atoms with Crippen LogP contribution in [0.3, 0.4) is 0 Å². The Bertz CT molecular complexity index is 326. The van der Waals surface area contributed by atoms with Crippen LogP contribution in [0.25, 0.3) is 0 Å². The maximum absolute atomic E-state index is 13.5. The minimum absolute atomic E-state index is 0. The molecule has 0 atom stereocenters. The Morgan fingerprint density at radius 1 is 1.40 bits per heavy atom. The van der Waals surface area contributed by atoms with Crippen LogP contribution < -0.4 is 10.2 Å². The highest BCUT2D eigenvalue weighted by Crippen LogP contribution is 2.16. The van der Waals surface area contributed by atoms with Crippen molar-refractivity contribution in [1.29, 1.82) is 0 Å². The smallest absolute Gasteiger partial charge is 0.165 e. The maximum Gasteiger partial charge on any atom is 0.165 e. The summed E-state index contributed by atoms with van der Waals surface area (Å²) in [5, 5.41) is 3.22. The standard InChI is InChI=1S/C10H14FN3.ClH/c1-8-6-9(11)10(13-7-8)14-4-2-12-3-5-14;/h6-7,12H,2-5H2,1H3;1H. The van der Waals surface area contributed by atoms with Gasteiger partial charge in [0.1, 0.15) is 0 Å². The molecule has 0 spiro atoms. The number of nitrogens with one attached hydrogen (secondary N) is 1. The molecule has 1 fully saturated rings. The minimum Gasteiger partial charge on any atom is -0.352 e. The third-order valence-electron chi connectivity index (χ3n) is 2.38.